The summed E-state index contributed by atoms with van der Waals surface area (Å²) < 4.78 is 0. The zero-order chi connectivity index (χ0) is 12.0. The Kier molecular flexibility index (Phi) is 4.28. The Morgan fingerprint density at radius 3 is 2.50 bits per heavy atom. The number of carbonyl (C=O) groups is 1. The fourth-order valence-corrected chi connectivity index (χ4v) is 1.34. The third kappa shape index (κ3) is 2.71. The van der Waals surface area contributed by atoms with Gasteiger partial charge in [-0.05, 0) is 6.42 Å². The van der Waals surface area contributed by atoms with Crippen molar-refractivity contribution in [1.82, 2.24) is 0 Å². The third-order valence-corrected chi connectivity index (χ3v) is 2.15. The van der Waals surface area contributed by atoms with Crippen molar-refractivity contribution in [2.75, 3.05) is 0 Å². The van der Waals surface area contributed by atoms with Crippen LogP contribution in [-0.4, -0.2) is 10.9 Å². The van der Waals surface area contributed by atoms with E-state index in [2.05, 4.69) is 0 Å². The number of aliphatic hydroxyl groups is 1. The van der Waals surface area contributed by atoms with E-state index < -0.39 is 0 Å². The number of nitrogens with zero attached hydrogens (tertiary/aromatic N) is 1. The maximum Gasteiger partial charge on any atom is 0.177 e. The summed E-state index contributed by atoms with van der Waals surface area (Å²) >= 11 is 0. The predicted molar refractivity (Wildman–Crippen MR) is 61.5 cm³/mol. The van der Waals surface area contributed by atoms with Gasteiger partial charge >= 0.3 is 0 Å². The van der Waals surface area contributed by atoms with Gasteiger partial charge in [-0.3, -0.25) is 4.79 Å². The summed E-state index contributed by atoms with van der Waals surface area (Å²) in [6.45, 7) is 1.85. The highest BCUT2D eigenvalue weighted by Crippen LogP contribution is 2.17. The van der Waals surface area contributed by atoms with Crippen molar-refractivity contribution in [3.8, 4) is 6.07 Å². The zero-order valence-corrected chi connectivity index (χ0v) is 9.10. The molecule has 0 bridgehead atoms. The number of aliphatic hydroxyl groups excluding tert-OH is 1. The second-order valence-corrected chi connectivity index (χ2v) is 3.37. The zero-order valence-electron chi connectivity index (χ0n) is 9.10. The highest BCUT2D eigenvalue weighted by molar-refractivity contribution is 6.04. The van der Waals surface area contributed by atoms with Crippen LogP contribution < -0.4 is 0 Å². The van der Waals surface area contributed by atoms with Gasteiger partial charge in [0, 0.05) is 12.0 Å². The van der Waals surface area contributed by atoms with Gasteiger partial charge in [-0.1, -0.05) is 37.3 Å². The quantitative estimate of drug-likeness (QED) is 0.477. The topological polar surface area (TPSA) is 61.1 Å². The standard InChI is InChI=1S/C13H13NO2/c1-2-6-12(15)11(9-14)13(16)10-7-4-3-5-8-10/h3-5,7-8,16H,2,6H2,1H3/b13-11-. The van der Waals surface area contributed by atoms with E-state index in [9.17, 15) is 9.90 Å². The molecule has 0 spiro atoms. The first kappa shape index (κ1) is 12.0. The van der Waals surface area contributed by atoms with Crippen molar-refractivity contribution in [2.45, 2.75) is 19.8 Å². The number of carbonyl (C=O) groups excluding carboxylic acids is 1. The first-order valence-electron chi connectivity index (χ1n) is 5.12. The molecule has 0 saturated carbocycles. The fourth-order valence-electron chi connectivity index (χ4n) is 1.34. The molecule has 0 heterocycles. The molecular weight excluding hydrogens is 202 g/mol. The number of hydrogen-bond donors (Lipinski definition) is 1. The second kappa shape index (κ2) is 5.72. The average molecular weight is 215 g/mol. The normalized spacial score (nSPS) is 11.5. The Balaban J connectivity index is 3.11. The minimum absolute atomic E-state index is 0.159. The van der Waals surface area contributed by atoms with Crippen LogP contribution in [-0.2, 0) is 4.79 Å². The number of benzene rings is 1. The van der Waals surface area contributed by atoms with Gasteiger partial charge in [0.2, 0.25) is 0 Å². The summed E-state index contributed by atoms with van der Waals surface area (Å²) in [5.74, 6) is -0.548. The van der Waals surface area contributed by atoms with E-state index in [0.717, 1.165) is 0 Å². The lowest BCUT2D eigenvalue weighted by molar-refractivity contribution is -0.115. The molecule has 3 nitrogen and oxygen atoms in total. The van der Waals surface area contributed by atoms with Gasteiger partial charge in [0.05, 0.1) is 0 Å². The predicted octanol–water partition coefficient (Wildman–Crippen LogP) is 2.85. The third-order valence-electron chi connectivity index (χ3n) is 2.15. The smallest absolute Gasteiger partial charge is 0.177 e. The first-order chi connectivity index (χ1) is 7.70. The number of hydrogen-bond acceptors (Lipinski definition) is 3. The molecule has 0 aromatic heterocycles. The highest BCUT2D eigenvalue weighted by atomic mass is 16.3. The monoisotopic (exact) mass is 215 g/mol. The summed E-state index contributed by atoms with van der Waals surface area (Å²) in [6.07, 6.45) is 0.936. The van der Waals surface area contributed by atoms with Gasteiger partial charge in [-0.15, -0.1) is 0 Å². The summed E-state index contributed by atoms with van der Waals surface area (Å²) in [7, 11) is 0. The van der Waals surface area contributed by atoms with Gasteiger partial charge in [0.25, 0.3) is 0 Å². The van der Waals surface area contributed by atoms with Crippen LogP contribution in [0, 0.1) is 11.3 Å². The van der Waals surface area contributed by atoms with Gasteiger partial charge in [-0.25, -0.2) is 0 Å². The molecule has 0 aliphatic carbocycles. The van der Waals surface area contributed by atoms with E-state index in [4.69, 9.17) is 5.26 Å². The van der Waals surface area contributed by atoms with Gasteiger partial charge in [0.15, 0.2) is 5.78 Å². The maximum atomic E-state index is 11.5. The summed E-state index contributed by atoms with van der Waals surface area (Å²) in [6, 6.07) is 10.4. The number of allylic oxidation sites excluding steroid dienone is 1. The van der Waals surface area contributed by atoms with Gasteiger partial charge in [-0.2, -0.15) is 5.26 Å². The lowest BCUT2D eigenvalue weighted by atomic mass is 10.0. The molecule has 1 rings (SSSR count). The molecule has 82 valence electrons. The molecule has 0 amide bonds. The number of rotatable bonds is 4. The Morgan fingerprint density at radius 1 is 1.38 bits per heavy atom. The number of ketones is 1. The molecule has 16 heavy (non-hydrogen) atoms. The molecule has 0 aliphatic heterocycles. The van der Waals surface area contributed by atoms with Crippen LogP contribution in [0.3, 0.4) is 0 Å². The summed E-state index contributed by atoms with van der Waals surface area (Å²) in [5.41, 5.74) is 0.330. The van der Waals surface area contributed by atoms with Crippen molar-refractivity contribution >= 4 is 11.5 Å². The molecule has 1 aromatic carbocycles. The Morgan fingerprint density at radius 2 is 2.00 bits per heavy atom. The molecule has 0 saturated heterocycles. The second-order valence-electron chi connectivity index (χ2n) is 3.37. The van der Waals surface area contributed by atoms with Crippen molar-refractivity contribution in [3.05, 3.63) is 41.5 Å². The average Bonchev–Trinajstić information content (AvgIpc) is 2.31. The van der Waals surface area contributed by atoms with Gasteiger partial charge < -0.3 is 5.11 Å². The minimum Gasteiger partial charge on any atom is -0.506 e. The Hall–Kier alpha value is -2.08. The van der Waals surface area contributed by atoms with Crippen molar-refractivity contribution < 1.29 is 9.90 Å². The molecule has 1 aromatic rings. The first-order valence-corrected chi connectivity index (χ1v) is 5.12. The van der Waals surface area contributed by atoms with Crippen molar-refractivity contribution in [3.63, 3.8) is 0 Å². The Bertz CT molecular complexity index is 441. The molecular formula is C13H13NO2. The lowest BCUT2D eigenvalue weighted by Gasteiger charge is -2.02. The van der Waals surface area contributed by atoms with E-state index in [1.54, 1.807) is 36.4 Å². The lowest BCUT2D eigenvalue weighted by Crippen LogP contribution is -2.03. The van der Waals surface area contributed by atoms with E-state index in [0.29, 0.717) is 12.0 Å². The van der Waals surface area contributed by atoms with Crippen LogP contribution in [0.2, 0.25) is 0 Å². The van der Waals surface area contributed by atoms with Crippen LogP contribution in [0.4, 0.5) is 0 Å². The van der Waals surface area contributed by atoms with E-state index in [1.165, 1.54) is 0 Å². The number of Topliss-reactive ketones (excluding diaryl/α,β-unsaturated/α-hetero) is 1. The van der Waals surface area contributed by atoms with Crippen LogP contribution in [0.1, 0.15) is 25.3 Å². The Labute approximate surface area is 94.6 Å². The van der Waals surface area contributed by atoms with Gasteiger partial charge in [0.1, 0.15) is 17.4 Å². The van der Waals surface area contributed by atoms with E-state index >= 15 is 0 Å². The molecule has 3 heteroatoms. The van der Waals surface area contributed by atoms with E-state index in [-0.39, 0.29) is 23.5 Å². The number of nitriles is 1. The molecule has 0 radical (unpaired) electrons. The maximum absolute atomic E-state index is 11.5. The molecule has 0 aliphatic rings. The van der Waals surface area contributed by atoms with Crippen molar-refractivity contribution in [1.29, 1.82) is 5.26 Å². The molecule has 0 unspecified atom stereocenters. The minimum atomic E-state index is -0.314. The van der Waals surface area contributed by atoms with Crippen LogP contribution >= 0.6 is 0 Å². The van der Waals surface area contributed by atoms with Crippen LogP contribution in [0.25, 0.3) is 5.76 Å². The molecule has 0 fully saturated rings. The summed E-state index contributed by atoms with van der Waals surface area (Å²) in [4.78, 5) is 11.5. The molecule has 1 N–H and O–H groups in total. The summed E-state index contributed by atoms with van der Waals surface area (Å²) in [5, 5.41) is 18.7. The van der Waals surface area contributed by atoms with Crippen LogP contribution in [0.15, 0.2) is 35.9 Å². The SMILES string of the molecule is CCCC(=O)/C(C#N)=C(\O)c1ccccc1. The largest absolute Gasteiger partial charge is 0.506 e. The van der Waals surface area contributed by atoms with Crippen molar-refractivity contribution in [2.24, 2.45) is 0 Å². The van der Waals surface area contributed by atoms with Crippen LogP contribution in [0.5, 0.6) is 0 Å². The molecule has 0 atom stereocenters. The fraction of sp³-hybridized carbons (Fsp3) is 0.231. The highest BCUT2D eigenvalue weighted by Gasteiger charge is 2.14. The van der Waals surface area contributed by atoms with E-state index in [1.807, 2.05) is 6.92 Å².